The fourth-order valence-corrected chi connectivity index (χ4v) is 3.06. The SMILES string of the molecule is C=CCNC(=O)c1cccc(S(=O)(=O)Oc2ccc(C)cc2OC)c1. The lowest BCUT2D eigenvalue weighted by Gasteiger charge is -2.12. The smallest absolute Gasteiger partial charge is 0.339 e. The first-order valence-corrected chi connectivity index (χ1v) is 8.86. The van der Waals surface area contributed by atoms with Gasteiger partial charge in [-0.05, 0) is 42.8 Å². The minimum absolute atomic E-state index is 0.0783. The summed E-state index contributed by atoms with van der Waals surface area (Å²) in [6, 6.07) is 10.5. The molecule has 7 heteroatoms. The molecule has 0 saturated heterocycles. The van der Waals surface area contributed by atoms with E-state index in [2.05, 4.69) is 11.9 Å². The van der Waals surface area contributed by atoms with E-state index in [4.69, 9.17) is 8.92 Å². The molecule has 2 aromatic rings. The minimum atomic E-state index is -4.12. The Hall–Kier alpha value is -2.80. The van der Waals surface area contributed by atoms with Crippen LogP contribution in [0.25, 0.3) is 0 Å². The summed E-state index contributed by atoms with van der Waals surface area (Å²) in [5, 5.41) is 2.59. The zero-order valence-corrected chi connectivity index (χ0v) is 14.8. The van der Waals surface area contributed by atoms with Gasteiger partial charge in [0, 0.05) is 12.1 Å². The van der Waals surface area contributed by atoms with Crippen molar-refractivity contribution in [2.75, 3.05) is 13.7 Å². The molecule has 25 heavy (non-hydrogen) atoms. The van der Waals surface area contributed by atoms with Crippen molar-refractivity contribution in [1.82, 2.24) is 5.32 Å². The molecule has 1 amide bonds. The third-order valence-electron chi connectivity index (χ3n) is 3.31. The van der Waals surface area contributed by atoms with E-state index < -0.39 is 16.0 Å². The third kappa shape index (κ3) is 4.60. The highest BCUT2D eigenvalue weighted by Crippen LogP contribution is 2.30. The highest BCUT2D eigenvalue weighted by Gasteiger charge is 2.20. The maximum Gasteiger partial charge on any atom is 0.339 e. The van der Waals surface area contributed by atoms with E-state index in [0.717, 1.165) is 5.56 Å². The van der Waals surface area contributed by atoms with Crippen molar-refractivity contribution in [1.29, 1.82) is 0 Å². The van der Waals surface area contributed by atoms with Gasteiger partial charge in [0.15, 0.2) is 11.5 Å². The average molecular weight is 361 g/mol. The summed E-state index contributed by atoms with van der Waals surface area (Å²) < 4.78 is 35.4. The van der Waals surface area contributed by atoms with Crippen molar-refractivity contribution in [2.45, 2.75) is 11.8 Å². The molecule has 0 aromatic heterocycles. The summed E-state index contributed by atoms with van der Waals surface area (Å²) in [6.45, 7) is 5.65. The predicted molar refractivity (Wildman–Crippen MR) is 94.5 cm³/mol. The Balaban J connectivity index is 2.31. The van der Waals surface area contributed by atoms with Gasteiger partial charge >= 0.3 is 10.1 Å². The molecule has 2 rings (SSSR count). The molecule has 0 aliphatic heterocycles. The van der Waals surface area contributed by atoms with Gasteiger partial charge in [-0.3, -0.25) is 4.79 Å². The van der Waals surface area contributed by atoms with E-state index in [0.29, 0.717) is 5.75 Å². The van der Waals surface area contributed by atoms with Crippen molar-refractivity contribution >= 4 is 16.0 Å². The van der Waals surface area contributed by atoms with E-state index in [1.54, 1.807) is 12.1 Å². The Morgan fingerprint density at radius 2 is 1.96 bits per heavy atom. The number of hydrogen-bond acceptors (Lipinski definition) is 5. The van der Waals surface area contributed by atoms with Crippen molar-refractivity contribution in [3.05, 3.63) is 66.2 Å². The van der Waals surface area contributed by atoms with Crippen molar-refractivity contribution in [3.63, 3.8) is 0 Å². The van der Waals surface area contributed by atoms with Crippen LogP contribution in [-0.4, -0.2) is 28.0 Å². The van der Waals surface area contributed by atoms with Crippen LogP contribution < -0.4 is 14.2 Å². The number of amides is 1. The Kier molecular flexibility index (Phi) is 5.82. The van der Waals surface area contributed by atoms with Gasteiger partial charge in [0.1, 0.15) is 4.90 Å². The number of ether oxygens (including phenoxy) is 1. The van der Waals surface area contributed by atoms with Gasteiger partial charge in [-0.1, -0.05) is 18.2 Å². The number of nitrogens with one attached hydrogen (secondary N) is 1. The van der Waals surface area contributed by atoms with Crippen LogP contribution in [0.15, 0.2) is 60.0 Å². The zero-order chi connectivity index (χ0) is 18.4. The Morgan fingerprint density at radius 1 is 1.20 bits per heavy atom. The van der Waals surface area contributed by atoms with Crippen LogP contribution in [0, 0.1) is 6.92 Å². The van der Waals surface area contributed by atoms with Crippen molar-refractivity contribution < 1.29 is 22.1 Å². The number of hydrogen-bond donors (Lipinski definition) is 1. The van der Waals surface area contributed by atoms with E-state index in [-0.39, 0.29) is 22.8 Å². The lowest BCUT2D eigenvalue weighted by Crippen LogP contribution is -2.23. The topological polar surface area (TPSA) is 81.7 Å². The second kappa shape index (κ2) is 7.85. The number of carbonyl (C=O) groups is 1. The monoisotopic (exact) mass is 361 g/mol. The molecule has 2 aromatic carbocycles. The number of aryl methyl sites for hydroxylation is 1. The largest absolute Gasteiger partial charge is 0.493 e. The second-order valence-electron chi connectivity index (χ2n) is 5.22. The molecule has 1 N–H and O–H groups in total. The average Bonchev–Trinajstić information content (AvgIpc) is 2.61. The van der Waals surface area contributed by atoms with Gasteiger partial charge in [-0.25, -0.2) is 0 Å². The van der Waals surface area contributed by atoms with Gasteiger partial charge in [-0.15, -0.1) is 6.58 Å². The Morgan fingerprint density at radius 3 is 2.64 bits per heavy atom. The van der Waals surface area contributed by atoms with Gasteiger partial charge in [0.05, 0.1) is 7.11 Å². The van der Waals surface area contributed by atoms with Crippen LogP contribution in [0.3, 0.4) is 0 Å². The summed E-state index contributed by atoms with van der Waals surface area (Å²) in [5.41, 5.74) is 1.12. The number of rotatable bonds is 7. The first-order chi connectivity index (χ1) is 11.9. The molecule has 0 atom stereocenters. The molecule has 0 bridgehead atoms. The molecule has 6 nitrogen and oxygen atoms in total. The highest BCUT2D eigenvalue weighted by molar-refractivity contribution is 7.87. The summed E-state index contributed by atoms with van der Waals surface area (Å²) >= 11 is 0. The molecule has 0 unspecified atom stereocenters. The van der Waals surface area contributed by atoms with Crippen LogP contribution in [-0.2, 0) is 10.1 Å². The molecular formula is C18H19NO5S. The van der Waals surface area contributed by atoms with Crippen LogP contribution in [0.5, 0.6) is 11.5 Å². The fraction of sp³-hybridized carbons (Fsp3) is 0.167. The standard InChI is InChI=1S/C18H19NO5S/c1-4-10-19-18(20)14-6-5-7-15(12-14)25(21,22)24-16-9-8-13(2)11-17(16)23-3/h4-9,11-12H,1,10H2,2-3H3,(H,19,20). The van der Waals surface area contributed by atoms with Gasteiger partial charge in [0.25, 0.3) is 5.91 Å². The van der Waals surface area contributed by atoms with Crippen molar-refractivity contribution in [2.24, 2.45) is 0 Å². The predicted octanol–water partition coefficient (Wildman–Crippen LogP) is 2.69. The number of methoxy groups -OCH3 is 1. The fourth-order valence-electron chi connectivity index (χ4n) is 2.07. The van der Waals surface area contributed by atoms with Crippen molar-refractivity contribution in [3.8, 4) is 11.5 Å². The van der Waals surface area contributed by atoms with Crippen LogP contribution in [0.4, 0.5) is 0 Å². The molecule has 132 valence electrons. The molecule has 0 saturated carbocycles. The lowest BCUT2D eigenvalue weighted by molar-refractivity contribution is 0.0958. The maximum absolute atomic E-state index is 12.5. The lowest BCUT2D eigenvalue weighted by atomic mass is 10.2. The molecule has 0 fully saturated rings. The molecule has 0 aliphatic carbocycles. The number of carbonyl (C=O) groups excluding carboxylic acids is 1. The first-order valence-electron chi connectivity index (χ1n) is 7.45. The Bertz CT molecular complexity index is 890. The van der Waals surface area contributed by atoms with Gasteiger partial charge in [-0.2, -0.15) is 8.42 Å². The van der Waals surface area contributed by atoms with E-state index >= 15 is 0 Å². The molecule has 0 heterocycles. The minimum Gasteiger partial charge on any atom is -0.493 e. The van der Waals surface area contributed by atoms with Crippen LogP contribution in [0.1, 0.15) is 15.9 Å². The van der Waals surface area contributed by atoms with Crippen LogP contribution >= 0.6 is 0 Å². The molecule has 0 spiro atoms. The summed E-state index contributed by atoms with van der Waals surface area (Å²) in [7, 11) is -2.69. The first kappa shape index (κ1) is 18.5. The second-order valence-corrected chi connectivity index (χ2v) is 6.76. The normalized spacial score (nSPS) is 10.8. The van der Waals surface area contributed by atoms with E-state index in [1.807, 2.05) is 6.92 Å². The van der Waals surface area contributed by atoms with Gasteiger partial charge in [0.2, 0.25) is 0 Å². The molecule has 0 aliphatic rings. The maximum atomic E-state index is 12.5. The quantitative estimate of drug-likeness (QED) is 0.606. The summed E-state index contributed by atoms with van der Waals surface area (Å²) in [5.74, 6) is -0.0112. The molecular weight excluding hydrogens is 342 g/mol. The van der Waals surface area contributed by atoms with E-state index in [1.165, 1.54) is 43.5 Å². The zero-order valence-electron chi connectivity index (χ0n) is 14.0. The van der Waals surface area contributed by atoms with E-state index in [9.17, 15) is 13.2 Å². The summed E-state index contributed by atoms with van der Waals surface area (Å²) in [6.07, 6.45) is 1.53. The summed E-state index contributed by atoms with van der Waals surface area (Å²) in [4.78, 5) is 11.8. The van der Waals surface area contributed by atoms with Crippen LogP contribution in [0.2, 0.25) is 0 Å². The highest BCUT2D eigenvalue weighted by atomic mass is 32.2. The Labute approximate surface area is 147 Å². The van der Waals surface area contributed by atoms with Gasteiger partial charge < -0.3 is 14.2 Å². The third-order valence-corrected chi connectivity index (χ3v) is 4.54. The number of benzene rings is 2. The molecule has 0 radical (unpaired) electrons.